The van der Waals surface area contributed by atoms with Gasteiger partial charge in [-0.15, -0.1) is 0 Å². The van der Waals surface area contributed by atoms with E-state index >= 15 is 0 Å². The Kier molecular flexibility index (Phi) is 4.65. The van der Waals surface area contributed by atoms with Gasteiger partial charge >= 0.3 is 0 Å². The molecule has 0 spiro atoms. The van der Waals surface area contributed by atoms with Crippen LogP contribution in [0, 0.1) is 0 Å². The first-order valence-electron chi connectivity index (χ1n) is 7.29. The first-order chi connectivity index (χ1) is 9.59. The number of ether oxygens (including phenoxy) is 1. The van der Waals surface area contributed by atoms with Crippen molar-refractivity contribution in [2.45, 2.75) is 44.7 Å². The maximum Gasteiger partial charge on any atom is 0.240 e. The lowest BCUT2D eigenvalue weighted by molar-refractivity contribution is -0.127. The summed E-state index contributed by atoms with van der Waals surface area (Å²) in [5.41, 5.74) is 0.697. The van der Waals surface area contributed by atoms with Crippen molar-refractivity contribution in [2.24, 2.45) is 0 Å². The molecule has 1 saturated heterocycles. The number of methoxy groups -OCH3 is 1. The van der Waals surface area contributed by atoms with Crippen LogP contribution in [0.5, 0.6) is 5.75 Å². The molecule has 2 rings (SSSR count). The quantitative estimate of drug-likeness (QED) is 0.868. The Labute approximate surface area is 120 Å². The van der Waals surface area contributed by atoms with Crippen LogP contribution in [0.25, 0.3) is 0 Å². The molecule has 110 valence electrons. The van der Waals surface area contributed by atoms with E-state index in [0.717, 1.165) is 37.1 Å². The predicted molar refractivity (Wildman–Crippen MR) is 79.8 cm³/mol. The molecule has 2 unspecified atom stereocenters. The standard InChI is InChI=1S/C16H24N2O2/c1-4-14(12-6-8-13(20-3)9-7-12)18-15(19)16(2)10-5-11-17-16/h6-9,14,17H,4-5,10-11H2,1-3H3,(H,18,19). The second-order valence-electron chi connectivity index (χ2n) is 5.57. The van der Waals surface area contributed by atoms with Gasteiger partial charge < -0.3 is 15.4 Å². The number of amides is 1. The van der Waals surface area contributed by atoms with E-state index in [0.29, 0.717) is 0 Å². The summed E-state index contributed by atoms with van der Waals surface area (Å²) in [4.78, 5) is 12.4. The number of carbonyl (C=O) groups is 1. The maximum atomic E-state index is 12.4. The number of nitrogens with one attached hydrogen (secondary N) is 2. The minimum atomic E-state index is -0.417. The van der Waals surface area contributed by atoms with Gasteiger partial charge in [0.2, 0.25) is 5.91 Å². The fourth-order valence-electron chi connectivity index (χ4n) is 2.66. The van der Waals surface area contributed by atoms with Gasteiger partial charge in [0.25, 0.3) is 0 Å². The lowest BCUT2D eigenvalue weighted by atomic mass is 9.97. The van der Waals surface area contributed by atoms with Crippen molar-refractivity contribution in [3.05, 3.63) is 29.8 Å². The molecule has 0 saturated carbocycles. The van der Waals surface area contributed by atoms with Crippen molar-refractivity contribution in [3.8, 4) is 5.75 Å². The Hall–Kier alpha value is -1.55. The van der Waals surface area contributed by atoms with Crippen LogP contribution in [0.4, 0.5) is 0 Å². The zero-order chi connectivity index (χ0) is 14.6. The lowest BCUT2D eigenvalue weighted by Crippen LogP contribution is -2.51. The molecule has 1 heterocycles. The van der Waals surface area contributed by atoms with Gasteiger partial charge in [-0.05, 0) is 50.4 Å². The molecule has 1 fully saturated rings. The molecule has 1 amide bonds. The number of rotatable bonds is 5. The molecule has 1 aromatic carbocycles. The number of hydrogen-bond donors (Lipinski definition) is 2. The number of hydrogen-bond acceptors (Lipinski definition) is 3. The van der Waals surface area contributed by atoms with E-state index in [9.17, 15) is 4.79 Å². The van der Waals surface area contributed by atoms with Crippen LogP contribution in [0.1, 0.15) is 44.7 Å². The van der Waals surface area contributed by atoms with E-state index in [1.807, 2.05) is 31.2 Å². The van der Waals surface area contributed by atoms with E-state index < -0.39 is 5.54 Å². The third-order valence-corrected chi connectivity index (χ3v) is 4.10. The summed E-state index contributed by atoms with van der Waals surface area (Å²) in [6.07, 6.45) is 2.83. The molecule has 20 heavy (non-hydrogen) atoms. The van der Waals surface area contributed by atoms with Gasteiger partial charge in [-0.1, -0.05) is 19.1 Å². The minimum Gasteiger partial charge on any atom is -0.497 e. The van der Waals surface area contributed by atoms with Crippen molar-refractivity contribution in [3.63, 3.8) is 0 Å². The fourth-order valence-corrected chi connectivity index (χ4v) is 2.66. The SMILES string of the molecule is CCC(NC(=O)C1(C)CCCN1)c1ccc(OC)cc1. The topological polar surface area (TPSA) is 50.4 Å². The Morgan fingerprint density at radius 2 is 2.15 bits per heavy atom. The zero-order valence-electron chi connectivity index (χ0n) is 12.5. The van der Waals surface area contributed by atoms with E-state index in [1.165, 1.54) is 0 Å². The molecule has 2 N–H and O–H groups in total. The number of carbonyl (C=O) groups excluding carboxylic acids is 1. The zero-order valence-corrected chi connectivity index (χ0v) is 12.5. The van der Waals surface area contributed by atoms with Crippen LogP contribution in [0.2, 0.25) is 0 Å². The van der Waals surface area contributed by atoms with Crippen LogP contribution in [0.3, 0.4) is 0 Å². The Morgan fingerprint density at radius 1 is 1.45 bits per heavy atom. The van der Waals surface area contributed by atoms with E-state index in [2.05, 4.69) is 17.6 Å². The molecular weight excluding hydrogens is 252 g/mol. The van der Waals surface area contributed by atoms with Crippen LogP contribution in [-0.4, -0.2) is 25.1 Å². The fraction of sp³-hybridized carbons (Fsp3) is 0.562. The van der Waals surface area contributed by atoms with Crippen molar-refractivity contribution >= 4 is 5.91 Å². The molecule has 1 aliphatic rings. The smallest absolute Gasteiger partial charge is 0.240 e. The van der Waals surface area contributed by atoms with Gasteiger partial charge in [-0.2, -0.15) is 0 Å². The van der Waals surface area contributed by atoms with Crippen molar-refractivity contribution in [1.82, 2.24) is 10.6 Å². The van der Waals surface area contributed by atoms with Crippen molar-refractivity contribution < 1.29 is 9.53 Å². The summed E-state index contributed by atoms with van der Waals surface area (Å²) in [6, 6.07) is 7.93. The van der Waals surface area contributed by atoms with E-state index in [4.69, 9.17) is 4.74 Å². The average Bonchev–Trinajstić information content (AvgIpc) is 2.93. The summed E-state index contributed by atoms with van der Waals surface area (Å²) in [6.45, 7) is 4.99. The average molecular weight is 276 g/mol. The largest absolute Gasteiger partial charge is 0.497 e. The molecule has 2 atom stereocenters. The molecule has 0 aliphatic carbocycles. The summed E-state index contributed by atoms with van der Waals surface area (Å²) in [5.74, 6) is 0.928. The minimum absolute atomic E-state index is 0.0487. The van der Waals surface area contributed by atoms with Gasteiger partial charge in [0.15, 0.2) is 0 Å². The normalized spacial score (nSPS) is 23.4. The highest BCUT2D eigenvalue weighted by Crippen LogP contribution is 2.23. The first kappa shape index (κ1) is 14.9. The molecule has 0 bridgehead atoms. The van der Waals surface area contributed by atoms with Crippen LogP contribution in [0.15, 0.2) is 24.3 Å². The molecule has 0 aromatic heterocycles. The van der Waals surface area contributed by atoms with Gasteiger partial charge in [0, 0.05) is 0 Å². The Bertz CT molecular complexity index is 450. The summed E-state index contributed by atoms with van der Waals surface area (Å²) < 4.78 is 5.16. The Balaban J connectivity index is 2.06. The molecule has 4 nitrogen and oxygen atoms in total. The monoisotopic (exact) mass is 276 g/mol. The van der Waals surface area contributed by atoms with Gasteiger partial charge in [-0.25, -0.2) is 0 Å². The van der Waals surface area contributed by atoms with Gasteiger partial charge in [-0.3, -0.25) is 4.79 Å². The molecule has 1 aliphatic heterocycles. The number of benzene rings is 1. The van der Waals surface area contributed by atoms with Gasteiger partial charge in [0.05, 0.1) is 18.7 Å². The highest BCUT2D eigenvalue weighted by Gasteiger charge is 2.36. The highest BCUT2D eigenvalue weighted by atomic mass is 16.5. The van der Waals surface area contributed by atoms with Crippen LogP contribution < -0.4 is 15.4 Å². The Morgan fingerprint density at radius 3 is 2.65 bits per heavy atom. The molecule has 4 heteroatoms. The second-order valence-corrected chi connectivity index (χ2v) is 5.57. The molecular formula is C16H24N2O2. The van der Waals surface area contributed by atoms with Crippen molar-refractivity contribution in [1.29, 1.82) is 0 Å². The predicted octanol–water partition coefficient (Wildman–Crippen LogP) is 2.40. The summed E-state index contributed by atoms with van der Waals surface area (Å²) in [7, 11) is 1.65. The van der Waals surface area contributed by atoms with Crippen LogP contribution in [-0.2, 0) is 4.79 Å². The summed E-state index contributed by atoms with van der Waals surface area (Å²) >= 11 is 0. The van der Waals surface area contributed by atoms with E-state index in [-0.39, 0.29) is 11.9 Å². The van der Waals surface area contributed by atoms with E-state index in [1.54, 1.807) is 7.11 Å². The maximum absolute atomic E-state index is 12.4. The second kappa shape index (κ2) is 6.27. The third kappa shape index (κ3) is 3.12. The van der Waals surface area contributed by atoms with Crippen LogP contribution >= 0.6 is 0 Å². The third-order valence-electron chi connectivity index (χ3n) is 4.10. The lowest BCUT2D eigenvalue weighted by Gasteiger charge is -2.27. The van der Waals surface area contributed by atoms with Gasteiger partial charge in [0.1, 0.15) is 5.75 Å². The highest BCUT2D eigenvalue weighted by molar-refractivity contribution is 5.86. The summed E-state index contributed by atoms with van der Waals surface area (Å²) in [5, 5.41) is 6.46. The molecule has 0 radical (unpaired) electrons. The first-order valence-corrected chi connectivity index (χ1v) is 7.29. The van der Waals surface area contributed by atoms with Crippen molar-refractivity contribution in [2.75, 3.05) is 13.7 Å². The molecule has 1 aromatic rings.